The monoisotopic (exact) mass is 294 g/mol. The molecular weight excluding hydrogens is 272 g/mol. The largest absolute Gasteiger partial charge is 0.492 e. The van der Waals surface area contributed by atoms with Gasteiger partial charge in [0.15, 0.2) is 0 Å². The Morgan fingerprint density at radius 3 is 2.52 bits per heavy atom. The van der Waals surface area contributed by atoms with Crippen molar-refractivity contribution in [2.75, 3.05) is 25.0 Å². The van der Waals surface area contributed by atoms with Gasteiger partial charge in [-0.05, 0) is 32.9 Å². The molecule has 2 N–H and O–H groups in total. The first-order chi connectivity index (χ1) is 9.93. The summed E-state index contributed by atoms with van der Waals surface area (Å²) in [6.07, 6.45) is 0. The molecule has 0 saturated carbocycles. The maximum absolute atomic E-state index is 12.1. The predicted molar refractivity (Wildman–Crippen MR) is 80.6 cm³/mol. The third-order valence-corrected chi connectivity index (χ3v) is 2.88. The molecule has 0 aliphatic heterocycles. The average molecular weight is 294 g/mol. The molecule has 6 heteroatoms. The van der Waals surface area contributed by atoms with Crippen molar-refractivity contribution >= 4 is 17.6 Å². The molecule has 116 valence electrons. The zero-order chi connectivity index (χ0) is 15.8. The fourth-order valence-corrected chi connectivity index (χ4v) is 1.82. The Kier molecular flexibility index (Phi) is 6.68. The fraction of sp³-hybridized carbons (Fsp3) is 0.467. The van der Waals surface area contributed by atoms with E-state index < -0.39 is 5.97 Å². The Hall–Kier alpha value is -2.08. The number of carbonyl (C=O) groups excluding carboxylic acids is 1. The number of carboxylic acid groups (broad SMARTS) is 1. The molecule has 0 atom stereocenters. The average Bonchev–Trinajstić information content (AvgIpc) is 2.40. The van der Waals surface area contributed by atoms with Crippen LogP contribution in [0.25, 0.3) is 0 Å². The zero-order valence-corrected chi connectivity index (χ0v) is 12.6. The summed E-state index contributed by atoms with van der Waals surface area (Å²) in [6.45, 7) is 5.92. The zero-order valence-electron chi connectivity index (χ0n) is 12.6. The van der Waals surface area contributed by atoms with Crippen molar-refractivity contribution in [2.24, 2.45) is 0 Å². The summed E-state index contributed by atoms with van der Waals surface area (Å²) in [6, 6.07) is 7.12. The van der Waals surface area contributed by atoms with E-state index in [9.17, 15) is 9.59 Å². The van der Waals surface area contributed by atoms with E-state index in [1.165, 1.54) is 0 Å². The lowest BCUT2D eigenvalue weighted by molar-refractivity contribution is -0.139. The van der Waals surface area contributed by atoms with E-state index in [1.807, 2.05) is 26.8 Å². The highest BCUT2D eigenvalue weighted by Gasteiger charge is 2.17. The Morgan fingerprint density at radius 1 is 1.29 bits per heavy atom. The predicted octanol–water partition coefficient (Wildman–Crippen LogP) is 1.82. The SMILES string of the molecule is CCOc1ccccc1NC(=O)CN(CC(=O)O)C(C)C. The molecule has 1 rings (SSSR count). The van der Waals surface area contributed by atoms with E-state index in [0.29, 0.717) is 18.0 Å². The van der Waals surface area contributed by atoms with Gasteiger partial charge in [-0.1, -0.05) is 12.1 Å². The van der Waals surface area contributed by atoms with E-state index in [0.717, 1.165) is 0 Å². The fourth-order valence-electron chi connectivity index (χ4n) is 1.82. The molecular formula is C15H22N2O4. The number of rotatable bonds is 8. The van der Waals surface area contributed by atoms with Crippen LogP contribution < -0.4 is 10.1 Å². The van der Waals surface area contributed by atoms with Crippen LogP contribution in [-0.2, 0) is 9.59 Å². The minimum atomic E-state index is -0.953. The summed E-state index contributed by atoms with van der Waals surface area (Å²) in [5.41, 5.74) is 0.586. The van der Waals surface area contributed by atoms with Gasteiger partial charge < -0.3 is 15.2 Å². The number of carbonyl (C=O) groups is 2. The molecule has 1 aromatic rings. The number of aliphatic carboxylic acids is 1. The highest BCUT2D eigenvalue weighted by atomic mass is 16.5. The van der Waals surface area contributed by atoms with E-state index >= 15 is 0 Å². The lowest BCUT2D eigenvalue weighted by Crippen LogP contribution is -2.41. The second-order valence-corrected chi connectivity index (χ2v) is 4.87. The number of benzene rings is 1. The Morgan fingerprint density at radius 2 is 1.95 bits per heavy atom. The summed E-state index contributed by atoms with van der Waals surface area (Å²) >= 11 is 0. The molecule has 1 aromatic carbocycles. The smallest absolute Gasteiger partial charge is 0.317 e. The summed E-state index contributed by atoms with van der Waals surface area (Å²) in [7, 11) is 0. The molecule has 0 aromatic heterocycles. The quantitative estimate of drug-likeness (QED) is 0.764. The molecule has 0 heterocycles. The lowest BCUT2D eigenvalue weighted by atomic mass is 10.2. The van der Waals surface area contributed by atoms with E-state index in [2.05, 4.69) is 5.32 Å². The molecule has 0 radical (unpaired) electrons. The molecule has 0 aliphatic rings. The van der Waals surface area contributed by atoms with Gasteiger partial charge in [0.2, 0.25) is 5.91 Å². The van der Waals surface area contributed by atoms with Gasteiger partial charge >= 0.3 is 5.97 Å². The van der Waals surface area contributed by atoms with Crippen LogP contribution in [-0.4, -0.2) is 47.6 Å². The van der Waals surface area contributed by atoms with Gasteiger partial charge in [-0.25, -0.2) is 0 Å². The van der Waals surface area contributed by atoms with Crippen molar-refractivity contribution in [3.05, 3.63) is 24.3 Å². The Labute approximate surface area is 124 Å². The van der Waals surface area contributed by atoms with Crippen LogP contribution in [0.1, 0.15) is 20.8 Å². The first-order valence-electron chi connectivity index (χ1n) is 6.91. The minimum Gasteiger partial charge on any atom is -0.492 e. The van der Waals surface area contributed by atoms with Gasteiger partial charge in [-0.15, -0.1) is 0 Å². The topological polar surface area (TPSA) is 78.9 Å². The maximum atomic E-state index is 12.1. The van der Waals surface area contributed by atoms with Gasteiger partial charge in [0.1, 0.15) is 5.75 Å². The highest BCUT2D eigenvalue weighted by molar-refractivity contribution is 5.93. The minimum absolute atomic E-state index is 0.0183. The van der Waals surface area contributed by atoms with Gasteiger partial charge in [0.25, 0.3) is 0 Å². The molecule has 6 nitrogen and oxygen atoms in total. The second kappa shape index (κ2) is 8.26. The van der Waals surface area contributed by atoms with Gasteiger partial charge in [0, 0.05) is 6.04 Å². The van der Waals surface area contributed by atoms with Crippen LogP contribution in [0.2, 0.25) is 0 Å². The summed E-state index contributed by atoms with van der Waals surface area (Å²) < 4.78 is 5.43. The summed E-state index contributed by atoms with van der Waals surface area (Å²) in [5.74, 6) is -0.619. The number of carboxylic acids is 1. The third-order valence-electron chi connectivity index (χ3n) is 2.88. The molecule has 0 fully saturated rings. The van der Waals surface area contributed by atoms with Crippen molar-refractivity contribution in [1.29, 1.82) is 0 Å². The number of hydrogen-bond donors (Lipinski definition) is 2. The van der Waals surface area contributed by atoms with Crippen LogP contribution >= 0.6 is 0 Å². The lowest BCUT2D eigenvalue weighted by Gasteiger charge is -2.23. The van der Waals surface area contributed by atoms with Crippen molar-refractivity contribution in [1.82, 2.24) is 4.90 Å². The van der Waals surface area contributed by atoms with E-state index in [-0.39, 0.29) is 25.0 Å². The molecule has 0 aliphatic carbocycles. The molecule has 0 saturated heterocycles. The van der Waals surface area contributed by atoms with Gasteiger partial charge in [0.05, 0.1) is 25.4 Å². The molecule has 1 amide bonds. The summed E-state index contributed by atoms with van der Waals surface area (Å²) in [5, 5.41) is 11.6. The van der Waals surface area contributed by atoms with Crippen molar-refractivity contribution in [2.45, 2.75) is 26.8 Å². The number of para-hydroxylation sites is 2. The molecule has 21 heavy (non-hydrogen) atoms. The van der Waals surface area contributed by atoms with E-state index in [1.54, 1.807) is 23.1 Å². The van der Waals surface area contributed by atoms with Crippen LogP contribution in [0.15, 0.2) is 24.3 Å². The number of hydrogen-bond acceptors (Lipinski definition) is 4. The second-order valence-electron chi connectivity index (χ2n) is 4.87. The van der Waals surface area contributed by atoms with Crippen molar-refractivity contribution < 1.29 is 19.4 Å². The van der Waals surface area contributed by atoms with E-state index in [4.69, 9.17) is 9.84 Å². The van der Waals surface area contributed by atoms with Crippen LogP contribution in [0, 0.1) is 0 Å². The van der Waals surface area contributed by atoms with Crippen LogP contribution in [0.5, 0.6) is 5.75 Å². The third kappa shape index (κ3) is 5.83. The number of amides is 1. The summed E-state index contributed by atoms with van der Waals surface area (Å²) in [4.78, 5) is 24.4. The standard InChI is InChI=1S/C15H22N2O4/c1-4-21-13-8-6-5-7-12(13)16-14(18)9-17(11(2)3)10-15(19)20/h5-8,11H,4,9-10H2,1-3H3,(H,16,18)(H,19,20). The highest BCUT2D eigenvalue weighted by Crippen LogP contribution is 2.23. The molecule has 0 spiro atoms. The number of ether oxygens (including phenoxy) is 1. The maximum Gasteiger partial charge on any atom is 0.317 e. The normalized spacial score (nSPS) is 10.7. The number of anilines is 1. The van der Waals surface area contributed by atoms with Crippen LogP contribution in [0.3, 0.4) is 0 Å². The Bertz CT molecular complexity index is 488. The first kappa shape index (κ1) is 17.0. The number of nitrogens with zero attached hydrogens (tertiary/aromatic N) is 1. The molecule has 0 bridgehead atoms. The van der Waals surface area contributed by atoms with Crippen LogP contribution in [0.4, 0.5) is 5.69 Å². The Balaban J connectivity index is 2.70. The first-order valence-corrected chi connectivity index (χ1v) is 6.91. The van der Waals surface area contributed by atoms with Gasteiger partial charge in [-0.3, -0.25) is 14.5 Å². The van der Waals surface area contributed by atoms with Crippen molar-refractivity contribution in [3.8, 4) is 5.75 Å². The number of nitrogens with one attached hydrogen (secondary N) is 1. The molecule has 0 unspecified atom stereocenters. The van der Waals surface area contributed by atoms with Gasteiger partial charge in [-0.2, -0.15) is 0 Å². The van der Waals surface area contributed by atoms with Crippen molar-refractivity contribution in [3.63, 3.8) is 0 Å².